The van der Waals surface area contributed by atoms with Crippen LogP contribution in [0.2, 0.25) is 0 Å². The van der Waals surface area contributed by atoms with Crippen molar-refractivity contribution >= 4 is 149 Å². The SMILES string of the molecule is CC(C)(C)N=CC=NC(C)(C)C.CC(C)(C)N=CC=NC(C)(C)C.CC(C)N=CC=NC(C)C.CC(C)N=CC=NC(C)C.CCC(C)N=CC=NC(C)CC.CCC(C)N=CC=NC(C)CC.CCCN=CC=NCCC.CCCN=CC=NCCC.CCCN=CC=NCCC.CCN=CC=NCC.CN=CC=NC.CN=CC=NC.[Fe].[Fe].[Fe].[Fe].[Fe].[Fe]. The number of aliphatic imine (C=N–C) groups is 24. The molecule has 0 saturated carbocycles. The largest absolute Gasteiger partial charge is 0.295 e. The molecule has 0 aromatic heterocycles. The van der Waals surface area contributed by atoms with Crippen LogP contribution in [0.3, 0.4) is 0 Å². The molecule has 732 valence electrons. The molecule has 0 N–H and O–H groups in total. The van der Waals surface area contributed by atoms with Gasteiger partial charge < -0.3 is 0 Å². The quantitative estimate of drug-likeness (QED) is 0.0411. The third-order valence-electron chi connectivity index (χ3n) is 11.8. The molecule has 24 nitrogen and oxygen atoms in total. The molecular weight excluding hydrogens is 1800 g/mol. The van der Waals surface area contributed by atoms with E-state index in [1.807, 2.05) is 69.2 Å². The van der Waals surface area contributed by atoms with Gasteiger partial charge in [0.2, 0.25) is 0 Å². The minimum Gasteiger partial charge on any atom is -0.295 e. The summed E-state index contributed by atoms with van der Waals surface area (Å²) < 4.78 is 0. The average Bonchev–Trinajstić information content (AvgIpc) is 0.969. The summed E-state index contributed by atoms with van der Waals surface area (Å²) in [5.74, 6) is 0. The first-order valence-electron chi connectivity index (χ1n) is 43.5. The predicted octanol–water partition coefficient (Wildman–Crippen LogP) is 22.6. The summed E-state index contributed by atoms with van der Waals surface area (Å²) in [6, 6.07) is 3.19. The maximum absolute atomic E-state index is 4.29. The van der Waals surface area contributed by atoms with Crippen LogP contribution in [-0.2, 0) is 102 Å². The van der Waals surface area contributed by atoms with E-state index >= 15 is 0 Å². The van der Waals surface area contributed by atoms with Gasteiger partial charge in [0.15, 0.2) is 0 Å². The molecule has 0 rings (SSSR count). The van der Waals surface area contributed by atoms with Gasteiger partial charge in [-0.05, 0) is 244 Å². The van der Waals surface area contributed by atoms with Crippen molar-refractivity contribution in [2.45, 2.75) is 384 Å². The molecule has 124 heavy (non-hydrogen) atoms. The van der Waals surface area contributed by atoms with Gasteiger partial charge in [0, 0.05) is 380 Å². The number of rotatable bonds is 38. The van der Waals surface area contributed by atoms with E-state index in [4.69, 9.17) is 0 Å². The van der Waals surface area contributed by atoms with Crippen molar-refractivity contribution in [3.8, 4) is 0 Å². The zero-order valence-electron chi connectivity index (χ0n) is 86.1. The van der Waals surface area contributed by atoms with Crippen LogP contribution < -0.4 is 0 Å². The van der Waals surface area contributed by atoms with Gasteiger partial charge in [-0.3, -0.25) is 120 Å². The second-order valence-corrected chi connectivity index (χ2v) is 30.8. The van der Waals surface area contributed by atoms with Crippen LogP contribution in [0.1, 0.15) is 313 Å². The Morgan fingerprint density at radius 2 is 0.323 bits per heavy atom. The topological polar surface area (TPSA) is 297 Å². The van der Waals surface area contributed by atoms with Crippen molar-refractivity contribution in [2.75, 3.05) is 80.5 Å². The Kier molecular flexibility index (Phi) is 179. The van der Waals surface area contributed by atoms with Crippen LogP contribution in [0.4, 0.5) is 0 Å². The molecule has 0 amide bonds. The van der Waals surface area contributed by atoms with E-state index in [0.717, 1.165) is 117 Å². The van der Waals surface area contributed by atoms with Crippen molar-refractivity contribution in [2.24, 2.45) is 120 Å². The van der Waals surface area contributed by atoms with E-state index in [1.165, 1.54) is 0 Å². The summed E-state index contributed by atoms with van der Waals surface area (Å²) in [7, 11) is 6.84. The summed E-state index contributed by atoms with van der Waals surface area (Å²) in [6.45, 7) is 81.9. The van der Waals surface area contributed by atoms with Gasteiger partial charge in [0.25, 0.3) is 0 Å². The summed E-state index contributed by atoms with van der Waals surface area (Å²) in [6.07, 6.45) is 53.0. The molecule has 0 saturated heterocycles. The van der Waals surface area contributed by atoms with Crippen molar-refractivity contribution in [3.05, 3.63) is 0 Å². The smallest absolute Gasteiger partial charge is 0.0524 e. The van der Waals surface area contributed by atoms with Crippen molar-refractivity contribution < 1.29 is 102 Å². The Morgan fingerprint density at radius 3 is 0.427 bits per heavy atom. The van der Waals surface area contributed by atoms with Crippen molar-refractivity contribution in [1.82, 2.24) is 0 Å². The summed E-state index contributed by atoms with van der Waals surface area (Å²) in [5.41, 5.74) is 0.0155. The van der Waals surface area contributed by atoms with Crippen LogP contribution in [-0.4, -0.2) is 300 Å². The first-order valence-corrected chi connectivity index (χ1v) is 43.5. The van der Waals surface area contributed by atoms with Crippen LogP contribution in [0, 0.1) is 0 Å². The molecule has 30 heteroatoms. The van der Waals surface area contributed by atoms with Crippen LogP contribution in [0.25, 0.3) is 0 Å². The number of hydrogen-bond acceptors (Lipinski definition) is 24. The van der Waals surface area contributed by atoms with Crippen molar-refractivity contribution in [3.63, 3.8) is 0 Å². The van der Waals surface area contributed by atoms with E-state index in [0.29, 0.717) is 48.3 Å². The molecule has 0 spiro atoms. The Balaban J connectivity index is -0.0000000618. The Hall–Kier alpha value is -4.80. The monoisotopic (exact) mass is 1990 g/mol. The minimum absolute atomic E-state index is 0. The van der Waals surface area contributed by atoms with Gasteiger partial charge >= 0.3 is 0 Å². The fourth-order valence-electron chi connectivity index (χ4n) is 5.11. The first-order chi connectivity index (χ1) is 55.6. The standard InChI is InChI=1S/4C10H20N2.5C8H16N2.C6H12N2.2C4H8N2.6Fe/c2*1-9(2,3)11-7-8-12-10(4,5)6;2*1-5-9(3)11-7-8-12-10(4)6-2;2*1-7(2)9-5-6-10-8(3)4;3*1-3-5-9-7-8-10-6-4-2;1-3-7-5-6-8-4-2;2*1-5-3-4-6-2;;;;;;/h2*7-8H,1-6H3;2*7-10H,5-6H2,1-4H3;2*5-8H,1-4H3;3*7-8H,3-6H2,1-2H3;5-6H,3-4H2,1-2H3;2*3-4H,1-2H3;;;;;;. The molecule has 0 bridgehead atoms. The zero-order valence-corrected chi connectivity index (χ0v) is 92.7. The molecule has 0 aliphatic rings. The third-order valence-corrected chi connectivity index (χ3v) is 11.8. The minimum atomic E-state index is 0. The molecule has 4 unspecified atom stereocenters. The molecule has 0 heterocycles. The molecular formula is C94H188Fe6N24. The fourth-order valence-corrected chi connectivity index (χ4v) is 5.11. The Labute approximate surface area is 829 Å². The maximum atomic E-state index is 4.29. The van der Waals surface area contributed by atoms with Gasteiger partial charge in [-0.2, -0.15) is 0 Å². The normalized spacial score (nSPS) is 13.1. The first kappa shape index (κ1) is 163. The molecule has 0 aromatic rings. The second kappa shape index (κ2) is 136. The van der Waals surface area contributed by atoms with Crippen LogP contribution >= 0.6 is 0 Å². The maximum Gasteiger partial charge on any atom is 0.0524 e. The van der Waals surface area contributed by atoms with Crippen molar-refractivity contribution in [1.29, 1.82) is 0 Å². The summed E-state index contributed by atoms with van der Waals surface area (Å²) in [4.78, 5) is 97.7. The van der Waals surface area contributed by atoms with Gasteiger partial charge in [-0.25, -0.2) is 0 Å². The molecule has 0 aliphatic carbocycles. The fraction of sp³-hybridized carbons (Fsp3) is 0.745. The summed E-state index contributed by atoms with van der Waals surface area (Å²) in [5, 5.41) is 0. The van der Waals surface area contributed by atoms with E-state index in [1.54, 1.807) is 177 Å². The second-order valence-electron chi connectivity index (χ2n) is 30.8. The van der Waals surface area contributed by atoms with Crippen LogP contribution in [0.15, 0.2) is 120 Å². The summed E-state index contributed by atoms with van der Waals surface area (Å²) >= 11 is 0. The van der Waals surface area contributed by atoms with E-state index < -0.39 is 0 Å². The Morgan fingerprint density at radius 1 is 0.185 bits per heavy atom. The van der Waals surface area contributed by atoms with Gasteiger partial charge in [-0.15, -0.1) is 0 Å². The molecule has 4 atom stereocenters. The average molecular weight is 1990 g/mol. The van der Waals surface area contributed by atoms with Crippen LogP contribution in [0.5, 0.6) is 0 Å². The third kappa shape index (κ3) is 240. The van der Waals surface area contributed by atoms with E-state index in [-0.39, 0.29) is 125 Å². The van der Waals surface area contributed by atoms with E-state index in [2.05, 4.69) is 300 Å². The molecule has 0 aliphatic heterocycles. The van der Waals surface area contributed by atoms with Gasteiger partial charge in [-0.1, -0.05) is 69.2 Å². The van der Waals surface area contributed by atoms with Gasteiger partial charge in [0.1, 0.15) is 0 Å². The number of hydrogen-bond donors (Lipinski definition) is 0. The molecule has 0 radical (unpaired) electrons. The zero-order chi connectivity index (χ0) is 93.3. The Bertz CT molecular complexity index is 2400. The van der Waals surface area contributed by atoms with Gasteiger partial charge in [0.05, 0.1) is 22.2 Å². The predicted molar refractivity (Wildman–Crippen MR) is 558 cm³/mol. The molecule has 0 aromatic carbocycles. The molecule has 0 fully saturated rings. The number of nitrogens with zero attached hydrogens (tertiary/aromatic N) is 24. The van der Waals surface area contributed by atoms with E-state index in [9.17, 15) is 0 Å².